The highest BCUT2D eigenvalue weighted by Gasteiger charge is 2.16. The maximum absolute atomic E-state index is 5.63. The molecule has 0 aliphatic carbocycles. The minimum atomic E-state index is 0.309. The molecule has 1 aliphatic rings. The van der Waals surface area contributed by atoms with Gasteiger partial charge in [0.05, 0.1) is 24.9 Å². The van der Waals surface area contributed by atoms with E-state index >= 15 is 0 Å². The van der Waals surface area contributed by atoms with Crippen molar-refractivity contribution in [1.82, 2.24) is 20.5 Å². The Morgan fingerprint density at radius 1 is 1.25 bits per heavy atom. The van der Waals surface area contributed by atoms with Crippen molar-refractivity contribution in [3.8, 4) is 0 Å². The second-order valence-corrected chi connectivity index (χ2v) is 7.26. The first-order chi connectivity index (χ1) is 13.5. The molecule has 0 saturated carbocycles. The van der Waals surface area contributed by atoms with Crippen molar-refractivity contribution in [2.24, 2.45) is 4.99 Å². The van der Waals surface area contributed by atoms with Crippen LogP contribution in [0.2, 0.25) is 0 Å². The van der Waals surface area contributed by atoms with E-state index in [-0.39, 0.29) is 0 Å². The Hall–Kier alpha value is -2.38. The van der Waals surface area contributed by atoms with Crippen molar-refractivity contribution in [3.05, 3.63) is 52.7 Å². The van der Waals surface area contributed by atoms with E-state index in [2.05, 4.69) is 56.7 Å². The Balaban J connectivity index is 1.50. The molecule has 7 heteroatoms. The molecular weight excluding hydrogens is 354 g/mol. The molecule has 0 spiro atoms. The topological polar surface area (TPSA) is 74.9 Å². The normalized spacial score (nSPS) is 18.3. The van der Waals surface area contributed by atoms with Crippen LogP contribution in [0.3, 0.4) is 0 Å². The van der Waals surface area contributed by atoms with Gasteiger partial charge in [-0.15, -0.1) is 0 Å². The molecule has 1 aliphatic heterocycles. The minimum Gasteiger partial charge on any atom is -0.444 e. The van der Waals surface area contributed by atoms with Crippen LogP contribution >= 0.6 is 0 Å². The van der Waals surface area contributed by atoms with Crippen LogP contribution in [0.15, 0.2) is 33.7 Å². The summed E-state index contributed by atoms with van der Waals surface area (Å²) in [6.45, 7) is 10.9. The van der Waals surface area contributed by atoms with Gasteiger partial charge in [-0.25, -0.2) is 4.98 Å². The van der Waals surface area contributed by atoms with Gasteiger partial charge in [-0.2, -0.15) is 0 Å². The Morgan fingerprint density at radius 2 is 2.04 bits per heavy atom. The Kier molecular flexibility index (Phi) is 7.06. The number of rotatable bonds is 6. The number of hydrogen-bond acceptors (Lipinski definition) is 5. The number of morpholine rings is 1. The number of oxazole rings is 1. The van der Waals surface area contributed by atoms with Crippen molar-refractivity contribution >= 4 is 5.96 Å². The number of aromatic nitrogens is 1. The highest BCUT2D eigenvalue weighted by molar-refractivity contribution is 5.79. The van der Waals surface area contributed by atoms with Crippen LogP contribution in [-0.2, 0) is 24.4 Å². The van der Waals surface area contributed by atoms with E-state index in [4.69, 9.17) is 9.15 Å². The Labute approximate surface area is 167 Å². The third kappa shape index (κ3) is 5.81. The van der Waals surface area contributed by atoms with Gasteiger partial charge in [0.25, 0.3) is 0 Å². The molecule has 2 N–H and O–H groups in total. The van der Waals surface area contributed by atoms with Crippen molar-refractivity contribution in [2.75, 3.05) is 26.7 Å². The highest BCUT2D eigenvalue weighted by Crippen LogP contribution is 2.12. The lowest BCUT2D eigenvalue weighted by atomic mass is 10.1. The summed E-state index contributed by atoms with van der Waals surface area (Å²) in [5.74, 6) is 2.24. The second-order valence-electron chi connectivity index (χ2n) is 7.26. The van der Waals surface area contributed by atoms with Gasteiger partial charge in [-0.1, -0.05) is 24.3 Å². The number of hydrogen-bond donors (Lipinski definition) is 2. The predicted octanol–water partition coefficient (Wildman–Crippen LogP) is 2.38. The van der Waals surface area contributed by atoms with Gasteiger partial charge in [0.2, 0.25) is 5.89 Å². The Bertz CT molecular complexity index is 782. The predicted molar refractivity (Wildman–Crippen MR) is 110 cm³/mol. The molecule has 2 heterocycles. The van der Waals surface area contributed by atoms with Gasteiger partial charge >= 0.3 is 0 Å². The van der Waals surface area contributed by atoms with Gasteiger partial charge in [0.15, 0.2) is 5.96 Å². The van der Waals surface area contributed by atoms with Crippen LogP contribution in [0.5, 0.6) is 0 Å². The molecule has 1 unspecified atom stereocenters. The number of benzene rings is 1. The lowest BCUT2D eigenvalue weighted by Gasteiger charge is -2.31. The van der Waals surface area contributed by atoms with E-state index in [0.29, 0.717) is 25.1 Å². The SMILES string of the molecule is CN=C(NCc1cccc(CN2CCOC(C)C2)c1)NCc1nc(C)c(C)o1. The zero-order chi connectivity index (χ0) is 19.9. The van der Waals surface area contributed by atoms with Crippen molar-refractivity contribution in [2.45, 2.75) is 46.5 Å². The van der Waals surface area contributed by atoms with E-state index < -0.39 is 0 Å². The average Bonchev–Trinajstić information content (AvgIpc) is 3.00. The number of nitrogens with one attached hydrogen (secondary N) is 2. The van der Waals surface area contributed by atoms with E-state index in [9.17, 15) is 0 Å². The molecule has 0 amide bonds. The monoisotopic (exact) mass is 385 g/mol. The van der Waals surface area contributed by atoms with E-state index in [0.717, 1.165) is 43.7 Å². The number of ether oxygens (including phenoxy) is 1. The fraction of sp³-hybridized carbons (Fsp3) is 0.524. The molecule has 3 rings (SSSR count). The first kappa shape index (κ1) is 20.4. The van der Waals surface area contributed by atoms with E-state index in [1.165, 1.54) is 11.1 Å². The minimum absolute atomic E-state index is 0.309. The summed E-state index contributed by atoms with van der Waals surface area (Å²) in [6, 6.07) is 8.68. The van der Waals surface area contributed by atoms with Crippen LogP contribution in [0, 0.1) is 13.8 Å². The smallest absolute Gasteiger partial charge is 0.214 e. The molecule has 1 saturated heterocycles. The number of guanidine groups is 1. The third-order valence-corrected chi connectivity index (χ3v) is 4.89. The molecule has 1 aromatic carbocycles. The largest absolute Gasteiger partial charge is 0.444 e. The zero-order valence-corrected chi connectivity index (χ0v) is 17.3. The van der Waals surface area contributed by atoms with Crippen molar-refractivity contribution < 1.29 is 9.15 Å². The fourth-order valence-corrected chi connectivity index (χ4v) is 3.31. The van der Waals surface area contributed by atoms with Crippen LogP contribution in [-0.4, -0.2) is 48.7 Å². The summed E-state index contributed by atoms with van der Waals surface area (Å²) in [5.41, 5.74) is 3.47. The molecule has 7 nitrogen and oxygen atoms in total. The summed E-state index contributed by atoms with van der Waals surface area (Å²) < 4.78 is 11.2. The molecule has 1 fully saturated rings. The second kappa shape index (κ2) is 9.71. The lowest BCUT2D eigenvalue weighted by molar-refractivity contribution is -0.0212. The maximum atomic E-state index is 5.63. The van der Waals surface area contributed by atoms with Gasteiger partial charge in [-0.3, -0.25) is 9.89 Å². The number of aliphatic imine (C=N–C) groups is 1. The highest BCUT2D eigenvalue weighted by atomic mass is 16.5. The number of nitrogens with zero attached hydrogens (tertiary/aromatic N) is 3. The fourth-order valence-electron chi connectivity index (χ4n) is 3.31. The standard InChI is InChI=1S/C21H31N5O2/c1-15-13-26(8-9-27-15)14-19-7-5-6-18(10-19)11-23-21(22-4)24-12-20-25-16(2)17(3)28-20/h5-7,10,15H,8-9,11-14H2,1-4H3,(H2,22,23,24). The first-order valence-electron chi connectivity index (χ1n) is 9.82. The van der Waals surface area contributed by atoms with Crippen molar-refractivity contribution in [3.63, 3.8) is 0 Å². The summed E-state index contributed by atoms with van der Waals surface area (Å²) in [6.07, 6.45) is 0.309. The first-order valence-corrected chi connectivity index (χ1v) is 9.82. The van der Waals surface area contributed by atoms with Crippen molar-refractivity contribution in [1.29, 1.82) is 0 Å². The summed E-state index contributed by atoms with van der Waals surface area (Å²) in [5, 5.41) is 6.59. The summed E-state index contributed by atoms with van der Waals surface area (Å²) in [7, 11) is 1.76. The van der Waals surface area contributed by atoms with Gasteiger partial charge < -0.3 is 19.8 Å². The van der Waals surface area contributed by atoms with E-state index in [1.54, 1.807) is 7.05 Å². The van der Waals surface area contributed by atoms with Gasteiger partial charge in [-0.05, 0) is 31.9 Å². The average molecular weight is 386 g/mol. The van der Waals surface area contributed by atoms with Crippen LogP contribution < -0.4 is 10.6 Å². The van der Waals surface area contributed by atoms with Gasteiger partial charge in [0.1, 0.15) is 5.76 Å². The summed E-state index contributed by atoms with van der Waals surface area (Å²) in [4.78, 5) is 11.1. The number of aryl methyl sites for hydroxylation is 2. The molecule has 28 heavy (non-hydrogen) atoms. The van der Waals surface area contributed by atoms with Crippen LogP contribution in [0.4, 0.5) is 0 Å². The molecule has 1 aromatic heterocycles. The van der Waals surface area contributed by atoms with E-state index in [1.807, 2.05) is 13.8 Å². The van der Waals surface area contributed by atoms with Crippen LogP contribution in [0.1, 0.15) is 35.4 Å². The molecule has 2 aromatic rings. The Morgan fingerprint density at radius 3 is 2.75 bits per heavy atom. The summed E-state index contributed by atoms with van der Waals surface area (Å²) >= 11 is 0. The molecule has 1 atom stereocenters. The third-order valence-electron chi connectivity index (χ3n) is 4.89. The van der Waals surface area contributed by atoms with Gasteiger partial charge in [0, 0.05) is 33.2 Å². The quantitative estimate of drug-likeness (QED) is 0.587. The lowest BCUT2D eigenvalue weighted by Crippen LogP contribution is -2.40. The van der Waals surface area contributed by atoms with Crippen LogP contribution in [0.25, 0.3) is 0 Å². The molecule has 0 radical (unpaired) electrons. The maximum Gasteiger partial charge on any atom is 0.214 e. The zero-order valence-electron chi connectivity index (χ0n) is 17.3. The molecule has 0 bridgehead atoms. The molecular formula is C21H31N5O2. The molecule has 152 valence electrons.